The highest BCUT2D eigenvalue weighted by Gasteiger charge is 2.20. The van der Waals surface area contributed by atoms with Crippen LogP contribution in [-0.2, 0) is 0 Å². The Kier molecular flexibility index (Phi) is 5.75. The topological polar surface area (TPSA) is 81.5 Å². The molecule has 0 bridgehead atoms. The van der Waals surface area contributed by atoms with Crippen LogP contribution in [0.2, 0.25) is 0 Å². The summed E-state index contributed by atoms with van der Waals surface area (Å²) in [5, 5.41) is 14.0. The molecule has 2 aromatic rings. The summed E-state index contributed by atoms with van der Waals surface area (Å²) >= 11 is 0. The van der Waals surface area contributed by atoms with Gasteiger partial charge in [-0.15, -0.1) is 0 Å². The quantitative estimate of drug-likeness (QED) is 0.633. The standard InChI is InChI=1S/C19H22N2O4/c1-5-16(14-9-10-18(25-4)12(2)11-14)20-19(22)15-7-6-8-17(13(15)3)21(23)24/h6-11,16H,5H2,1-4H3,(H,20,22)/t16-/m0/s1. The van der Waals surface area contributed by atoms with Crippen molar-refractivity contribution in [2.75, 3.05) is 7.11 Å². The molecule has 0 fully saturated rings. The zero-order chi connectivity index (χ0) is 18.6. The van der Waals surface area contributed by atoms with E-state index >= 15 is 0 Å². The fourth-order valence-corrected chi connectivity index (χ4v) is 2.84. The van der Waals surface area contributed by atoms with Gasteiger partial charge in [0.1, 0.15) is 5.75 Å². The van der Waals surface area contributed by atoms with E-state index in [9.17, 15) is 14.9 Å². The lowest BCUT2D eigenvalue weighted by Crippen LogP contribution is -2.29. The number of carbonyl (C=O) groups excluding carboxylic acids is 1. The number of benzene rings is 2. The Bertz CT molecular complexity index is 802. The monoisotopic (exact) mass is 342 g/mol. The van der Waals surface area contributed by atoms with Crippen LogP contribution in [0.3, 0.4) is 0 Å². The van der Waals surface area contributed by atoms with Crippen molar-refractivity contribution in [3.63, 3.8) is 0 Å². The van der Waals surface area contributed by atoms with Gasteiger partial charge in [0.25, 0.3) is 11.6 Å². The molecule has 132 valence electrons. The van der Waals surface area contributed by atoms with Crippen LogP contribution in [0.5, 0.6) is 5.75 Å². The lowest BCUT2D eigenvalue weighted by atomic mass is 10.00. The summed E-state index contributed by atoms with van der Waals surface area (Å²) in [6.07, 6.45) is 0.700. The van der Waals surface area contributed by atoms with Crippen LogP contribution in [0, 0.1) is 24.0 Å². The van der Waals surface area contributed by atoms with E-state index in [1.807, 2.05) is 32.0 Å². The van der Waals surface area contributed by atoms with E-state index in [1.165, 1.54) is 12.1 Å². The van der Waals surface area contributed by atoms with Crippen LogP contribution in [0.1, 0.15) is 46.4 Å². The molecule has 1 amide bonds. The largest absolute Gasteiger partial charge is 0.496 e. The lowest BCUT2D eigenvalue weighted by molar-refractivity contribution is -0.385. The normalized spacial score (nSPS) is 11.7. The van der Waals surface area contributed by atoms with Crippen LogP contribution in [-0.4, -0.2) is 17.9 Å². The molecular weight excluding hydrogens is 320 g/mol. The van der Waals surface area contributed by atoms with E-state index in [4.69, 9.17) is 4.74 Å². The highest BCUT2D eigenvalue weighted by Crippen LogP contribution is 2.26. The van der Waals surface area contributed by atoms with Crippen molar-refractivity contribution in [3.8, 4) is 5.75 Å². The first kappa shape index (κ1) is 18.4. The summed E-state index contributed by atoms with van der Waals surface area (Å²) in [5.74, 6) is 0.473. The third kappa shape index (κ3) is 3.96. The average Bonchev–Trinajstić information content (AvgIpc) is 2.59. The molecule has 0 radical (unpaired) electrons. The van der Waals surface area contributed by atoms with E-state index in [1.54, 1.807) is 20.1 Å². The Morgan fingerprint density at radius 1 is 1.28 bits per heavy atom. The van der Waals surface area contributed by atoms with Crippen molar-refractivity contribution in [1.29, 1.82) is 0 Å². The number of nitrogens with zero attached hydrogens (tertiary/aromatic N) is 1. The third-order valence-electron chi connectivity index (χ3n) is 4.28. The highest BCUT2D eigenvalue weighted by atomic mass is 16.6. The number of hydrogen-bond acceptors (Lipinski definition) is 4. The van der Waals surface area contributed by atoms with Gasteiger partial charge in [0.15, 0.2) is 0 Å². The summed E-state index contributed by atoms with van der Waals surface area (Å²) in [7, 11) is 1.62. The first-order valence-electron chi connectivity index (χ1n) is 8.08. The molecule has 0 spiro atoms. The van der Waals surface area contributed by atoms with E-state index in [0.29, 0.717) is 17.5 Å². The van der Waals surface area contributed by atoms with Gasteiger partial charge < -0.3 is 10.1 Å². The van der Waals surface area contributed by atoms with Gasteiger partial charge in [0.05, 0.1) is 18.1 Å². The zero-order valence-electron chi connectivity index (χ0n) is 14.8. The second kappa shape index (κ2) is 7.79. The number of amides is 1. The predicted octanol–water partition coefficient (Wildman–Crippen LogP) is 4.10. The molecule has 0 saturated carbocycles. The number of hydrogen-bond donors (Lipinski definition) is 1. The maximum Gasteiger partial charge on any atom is 0.273 e. The Morgan fingerprint density at radius 3 is 2.56 bits per heavy atom. The van der Waals surface area contributed by atoms with E-state index in [-0.39, 0.29) is 17.6 Å². The first-order valence-corrected chi connectivity index (χ1v) is 8.08. The number of ether oxygens (including phenoxy) is 1. The van der Waals surface area contributed by atoms with Crippen LogP contribution < -0.4 is 10.1 Å². The molecule has 0 unspecified atom stereocenters. The van der Waals surface area contributed by atoms with Crippen molar-refractivity contribution >= 4 is 11.6 Å². The van der Waals surface area contributed by atoms with Gasteiger partial charge in [-0.2, -0.15) is 0 Å². The minimum Gasteiger partial charge on any atom is -0.496 e. The van der Waals surface area contributed by atoms with Crippen molar-refractivity contribution in [3.05, 3.63) is 68.8 Å². The molecule has 1 N–H and O–H groups in total. The second-order valence-corrected chi connectivity index (χ2v) is 5.87. The zero-order valence-corrected chi connectivity index (χ0v) is 14.8. The molecule has 2 aromatic carbocycles. The predicted molar refractivity (Wildman–Crippen MR) is 96.1 cm³/mol. The van der Waals surface area contributed by atoms with Crippen LogP contribution in [0.15, 0.2) is 36.4 Å². The number of nitro groups is 1. The SMILES string of the molecule is CC[C@H](NC(=O)c1cccc([N+](=O)[O-])c1C)c1ccc(OC)c(C)c1. The Balaban J connectivity index is 2.27. The van der Waals surface area contributed by atoms with Gasteiger partial charge in [-0.25, -0.2) is 0 Å². The van der Waals surface area contributed by atoms with Crippen molar-refractivity contribution in [2.24, 2.45) is 0 Å². The van der Waals surface area contributed by atoms with Crippen molar-refractivity contribution in [1.82, 2.24) is 5.32 Å². The molecule has 6 heteroatoms. The minimum atomic E-state index is -0.476. The first-order chi connectivity index (χ1) is 11.9. The van der Waals surface area contributed by atoms with Gasteiger partial charge in [0.2, 0.25) is 0 Å². The smallest absolute Gasteiger partial charge is 0.273 e. The fraction of sp³-hybridized carbons (Fsp3) is 0.316. The molecular formula is C19H22N2O4. The molecule has 0 aromatic heterocycles. The number of rotatable bonds is 6. The number of methoxy groups -OCH3 is 1. The summed E-state index contributed by atoms with van der Waals surface area (Å²) < 4.78 is 5.26. The van der Waals surface area contributed by atoms with Gasteiger partial charge in [0, 0.05) is 17.2 Å². The second-order valence-electron chi connectivity index (χ2n) is 5.87. The molecule has 0 saturated heterocycles. The summed E-state index contributed by atoms with van der Waals surface area (Å²) in [6.45, 7) is 5.51. The minimum absolute atomic E-state index is 0.0546. The summed E-state index contributed by atoms with van der Waals surface area (Å²) in [5.41, 5.74) is 2.58. The number of aryl methyl sites for hydroxylation is 1. The summed E-state index contributed by atoms with van der Waals surface area (Å²) in [6, 6.07) is 10.1. The maximum absolute atomic E-state index is 12.6. The molecule has 25 heavy (non-hydrogen) atoms. The molecule has 6 nitrogen and oxygen atoms in total. The Labute approximate surface area is 147 Å². The molecule has 0 aliphatic heterocycles. The lowest BCUT2D eigenvalue weighted by Gasteiger charge is -2.19. The average molecular weight is 342 g/mol. The highest BCUT2D eigenvalue weighted by molar-refractivity contribution is 5.96. The van der Waals surface area contributed by atoms with Crippen LogP contribution in [0.25, 0.3) is 0 Å². The van der Waals surface area contributed by atoms with Gasteiger partial charge in [-0.05, 0) is 43.5 Å². The van der Waals surface area contributed by atoms with E-state index < -0.39 is 4.92 Å². The Hall–Kier alpha value is -2.89. The molecule has 1 atom stereocenters. The number of nitro benzene ring substituents is 1. The van der Waals surface area contributed by atoms with Crippen molar-refractivity contribution in [2.45, 2.75) is 33.2 Å². The third-order valence-corrected chi connectivity index (χ3v) is 4.28. The number of carbonyl (C=O) groups is 1. The van der Waals surface area contributed by atoms with Crippen LogP contribution >= 0.6 is 0 Å². The van der Waals surface area contributed by atoms with E-state index in [2.05, 4.69) is 5.32 Å². The molecule has 0 aliphatic rings. The summed E-state index contributed by atoms with van der Waals surface area (Å²) in [4.78, 5) is 23.2. The van der Waals surface area contributed by atoms with Crippen molar-refractivity contribution < 1.29 is 14.5 Å². The maximum atomic E-state index is 12.6. The molecule has 0 aliphatic carbocycles. The van der Waals surface area contributed by atoms with Crippen LogP contribution in [0.4, 0.5) is 5.69 Å². The van der Waals surface area contributed by atoms with Gasteiger partial charge in [-0.1, -0.05) is 25.1 Å². The van der Waals surface area contributed by atoms with Gasteiger partial charge in [-0.3, -0.25) is 14.9 Å². The number of nitrogens with one attached hydrogen (secondary N) is 1. The van der Waals surface area contributed by atoms with Gasteiger partial charge >= 0.3 is 0 Å². The van der Waals surface area contributed by atoms with E-state index in [0.717, 1.165) is 16.9 Å². The fourth-order valence-electron chi connectivity index (χ4n) is 2.84. The molecule has 2 rings (SSSR count). The Morgan fingerprint density at radius 2 is 2.00 bits per heavy atom. The molecule has 0 heterocycles.